The quantitative estimate of drug-likeness (QED) is 0.589. The lowest BCUT2D eigenvalue weighted by Crippen LogP contribution is -1.87. The van der Waals surface area contributed by atoms with Crippen LogP contribution < -0.4 is 0 Å². The van der Waals surface area contributed by atoms with E-state index in [-0.39, 0.29) is 0 Å². The van der Waals surface area contributed by atoms with Gasteiger partial charge < -0.3 is 0 Å². The molecule has 1 aliphatic carbocycles. The van der Waals surface area contributed by atoms with Crippen LogP contribution in [0.25, 0.3) is 16.8 Å². The summed E-state index contributed by atoms with van der Waals surface area (Å²) in [5.41, 5.74) is 2.79. The van der Waals surface area contributed by atoms with Gasteiger partial charge in [-0.05, 0) is 28.3 Å². The van der Waals surface area contributed by atoms with Crippen LogP contribution >= 0.6 is 0 Å². The van der Waals surface area contributed by atoms with Crippen molar-refractivity contribution in [1.82, 2.24) is 0 Å². The molecule has 0 unspecified atom stereocenters. The maximum absolute atomic E-state index is 2.23. The molecule has 0 heteroatoms. The number of hydrogen-bond acceptors (Lipinski definition) is 0. The molecule has 2 aromatic carbocycles. The van der Waals surface area contributed by atoms with Crippen molar-refractivity contribution in [3.05, 3.63) is 65.8 Å². The van der Waals surface area contributed by atoms with Gasteiger partial charge in [-0.2, -0.15) is 0 Å². The summed E-state index contributed by atoms with van der Waals surface area (Å²) in [5.74, 6) is 0. The Morgan fingerprint density at radius 2 is 1.71 bits per heavy atom. The molecule has 86 valence electrons. The van der Waals surface area contributed by atoms with Crippen LogP contribution in [0.3, 0.4) is 0 Å². The minimum atomic E-state index is 1.03. The first-order chi connectivity index (χ1) is 8.45. The molecule has 0 aromatic heterocycles. The van der Waals surface area contributed by atoms with Gasteiger partial charge >= 0.3 is 0 Å². The highest BCUT2D eigenvalue weighted by Gasteiger charge is 2.04. The largest absolute Gasteiger partial charge is 0.0801 e. The van der Waals surface area contributed by atoms with Crippen LogP contribution in [0.4, 0.5) is 0 Å². The van der Waals surface area contributed by atoms with Crippen LogP contribution in [-0.4, -0.2) is 0 Å². The van der Waals surface area contributed by atoms with Gasteiger partial charge in [-0.25, -0.2) is 0 Å². The summed E-state index contributed by atoms with van der Waals surface area (Å²) in [6.07, 6.45) is 9.69. The number of allylic oxidation sites excluding steroid dienone is 3. The Labute approximate surface area is 103 Å². The molecule has 0 saturated carbocycles. The summed E-state index contributed by atoms with van der Waals surface area (Å²) in [4.78, 5) is 0. The third-order valence-corrected chi connectivity index (χ3v) is 2.91. The van der Waals surface area contributed by atoms with E-state index in [1.165, 1.54) is 21.9 Å². The monoisotopic (exact) mass is 222 g/mol. The fraction of sp³-hybridized carbons (Fsp3) is 0.176. The van der Waals surface area contributed by atoms with Gasteiger partial charge in [-0.1, -0.05) is 74.5 Å². The van der Waals surface area contributed by atoms with Crippen molar-refractivity contribution < 1.29 is 0 Å². The zero-order valence-corrected chi connectivity index (χ0v) is 10.5. The van der Waals surface area contributed by atoms with Crippen LogP contribution in [0.5, 0.6) is 0 Å². The van der Waals surface area contributed by atoms with E-state index in [9.17, 15) is 0 Å². The Bertz CT molecular complexity index is 559. The summed E-state index contributed by atoms with van der Waals surface area (Å²) < 4.78 is 0. The average molecular weight is 222 g/mol. The molecule has 17 heavy (non-hydrogen) atoms. The lowest BCUT2D eigenvalue weighted by atomic mass is 9.98. The number of benzene rings is 2. The zero-order chi connectivity index (χ0) is 12.1. The van der Waals surface area contributed by atoms with E-state index in [2.05, 4.69) is 60.7 Å². The standard InChI is InChI=1S/C15H12.C2H6/c1-2-6-12-10-11-13-7-4-5-9-15(13)14(12)8-3-1;1-2/h1-5,7-11H,6H2;1-2H3. The van der Waals surface area contributed by atoms with E-state index in [4.69, 9.17) is 0 Å². The lowest BCUT2D eigenvalue weighted by molar-refractivity contribution is 1.28. The zero-order valence-electron chi connectivity index (χ0n) is 10.5. The molecular formula is C17H18. The number of rotatable bonds is 0. The summed E-state index contributed by atoms with van der Waals surface area (Å²) in [6, 6.07) is 13.0. The molecule has 0 radical (unpaired) electrons. The molecule has 3 rings (SSSR count). The first-order valence-electron chi connectivity index (χ1n) is 6.29. The predicted molar refractivity (Wildman–Crippen MR) is 77.2 cm³/mol. The normalized spacial score (nSPS) is 12.6. The van der Waals surface area contributed by atoms with E-state index in [1.807, 2.05) is 13.8 Å². The second kappa shape index (κ2) is 5.49. The maximum atomic E-state index is 2.23. The molecular weight excluding hydrogens is 204 g/mol. The summed E-state index contributed by atoms with van der Waals surface area (Å²) in [6.45, 7) is 4.00. The van der Waals surface area contributed by atoms with Crippen molar-refractivity contribution in [3.8, 4) is 0 Å². The van der Waals surface area contributed by atoms with E-state index in [0.717, 1.165) is 6.42 Å². The van der Waals surface area contributed by atoms with E-state index in [0.29, 0.717) is 0 Å². The smallest absolute Gasteiger partial charge is 0.00882 e. The molecule has 0 saturated heterocycles. The Balaban J connectivity index is 0.000000514. The molecule has 0 spiro atoms. The Kier molecular flexibility index (Phi) is 3.77. The summed E-state index contributed by atoms with van der Waals surface area (Å²) in [5, 5.41) is 2.68. The average Bonchev–Trinajstić information content (AvgIpc) is 2.66. The van der Waals surface area contributed by atoms with Crippen molar-refractivity contribution in [3.63, 3.8) is 0 Å². The van der Waals surface area contributed by atoms with Crippen molar-refractivity contribution in [2.24, 2.45) is 0 Å². The molecule has 0 aliphatic heterocycles. The second-order valence-electron chi connectivity index (χ2n) is 3.85. The van der Waals surface area contributed by atoms with Gasteiger partial charge in [-0.3, -0.25) is 0 Å². The molecule has 0 fully saturated rings. The van der Waals surface area contributed by atoms with Crippen molar-refractivity contribution >= 4 is 16.8 Å². The minimum absolute atomic E-state index is 1.03. The molecule has 0 bridgehead atoms. The highest BCUT2D eigenvalue weighted by atomic mass is 14.1. The Hall–Kier alpha value is -1.82. The Morgan fingerprint density at radius 3 is 2.59 bits per heavy atom. The predicted octanol–water partition coefficient (Wildman–Crippen LogP) is 4.99. The van der Waals surface area contributed by atoms with Crippen molar-refractivity contribution in [2.75, 3.05) is 0 Å². The Morgan fingerprint density at radius 1 is 0.882 bits per heavy atom. The van der Waals surface area contributed by atoms with E-state index in [1.54, 1.807) is 0 Å². The number of hydrogen-bond donors (Lipinski definition) is 0. The molecule has 0 nitrogen and oxygen atoms in total. The van der Waals surface area contributed by atoms with Crippen LogP contribution in [0, 0.1) is 0 Å². The first-order valence-corrected chi connectivity index (χ1v) is 6.29. The molecule has 1 aliphatic rings. The van der Waals surface area contributed by atoms with Crippen molar-refractivity contribution in [2.45, 2.75) is 20.3 Å². The molecule has 0 heterocycles. The third kappa shape index (κ3) is 2.31. The highest BCUT2D eigenvalue weighted by molar-refractivity contribution is 5.92. The molecule has 0 atom stereocenters. The fourth-order valence-electron chi connectivity index (χ4n) is 2.14. The van der Waals surface area contributed by atoms with Gasteiger partial charge in [-0.15, -0.1) is 0 Å². The molecule has 0 amide bonds. The lowest BCUT2D eigenvalue weighted by Gasteiger charge is -2.07. The molecule has 2 aromatic rings. The van der Waals surface area contributed by atoms with Crippen molar-refractivity contribution in [1.29, 1.82) is 0 Å². The first kappa shape index (κ1) is 11.7. The van der Waals surface area contributed by atoms with E-state index < -0.39 is 0 Å². The molecule has 0 N–H and O–H groups in total. The maximum Gasteiger partial charge on any atom is -0.00882 e. The van der Waals surface area contributed by atoms with Crippen LogP contribution in [0.2, 0.25) is 0 Å². The van der Waals surface area contributed by atoms with Gasteiger partial charge in [0, 0.05) is 0 Å². The van der Waals surface area contributed by atoms with E-state index >= 15 is 0 Å². The SMILES string of the molecule is C1=CCc2ccc3ccccc3c2C=C1.CC. The van der Waals surface area contributed by atoms with Gasteiger partial charge in [0.05, 0.1) is 0 Å². The van der Waals surface area contributed by atoms with Crippen LogP contribution in [-0.2, 0) is 6.42 Å². The summed E-state index contributed by atoms with van der Waals surface area (Å²) in [7, 11) is 0. The topological polar surface area (TPSA) is 0 Å². The number of fused-ring (bicyclic) bond motifs is 3. The second-order valence-corrected chi connectivity index (χ2v) is 3.85. The van der Waals surface area contributed by atoms with Crippen LogP contribution in [0.15, 0.2) is 54.6 Å². The highest BCUT2D eigenvalue weighted by Crippen LogP contribution is 2.25. The minimum Gasteiger partial charge on any atom is -0.0801 e. The third-order valence-electron chi connectivity index (χ3n) is 2.91. The summed E-state index contributed by atoms with van der Waals surface area (Å²) >= 11 is 0. The van der Waals surface area contributed by atoms with Crippen LogP contribution in [0.1, 0.15) is 25.0 Å². The van der Waals surface area contributed by atoms with Gasteiger partial charge in [0.25, 0.3) is 0 Å². The van der Waals surface area contributed by atoms with Gasteiger partial charge in [0.2, 0.25) is 0 Å². The fourth-order valence-corrected chi connectivity index (χ4v) is 2.14. The van der Waals surface area contributed by atoms with Gasteiger partial charge in [0.1, 0.15) is 0 Å². The van der Waals surface area contributed by atoms with Gasteiger partial charge in [0.15, 0.2) is 0 Å².